The highest BCUT2D eigenvalue weighted by atomic mass is 79.9. The van der Waals surface area contributed by atoms with Crippen molar-refractivity contribution in [2.75, 3.05) is 0 Å². The highest BCUT2D eigenvalue weighted by Gasteiger charge is 2.07. The fourth-order valence-electron chi connectivity index (χ4n) is 1.61. The van der Waals surface area contributed by atoms with E-state index in [2.05, 4.69) is 15.9 Å². The maximum Gasteiger partial charge on any atom is 0.328 e. The van der Waals surface area contributed by atoms with E-state index in [0.717, 1.165) is 6.08 Å². The zero-order valence-corrected chi connectivity index (χ0v) is 12.9. The standard InChI is InChI=1S/C15H9BrClFO3/c16-10-5-12(18)8-13(6-10)21-14-7-11(17)3-1-9(14)2-4-15(19)20/h1-8H,(H,19,20)/b4-2+. The van der Waals surface area contributed by atoms with Crippen molar-refractivity contribution in [3.05, 3.63) is 63.4 Å². The maximum absolute atomic E-state index is 13.3. The first-order chi connectivity index (χ1) is 9.94. The van der Waals surface area contributed by atoms with E-state index in [4.69, 9.17) is 21.4 Å². The van der Waals surface area contributed by atoms with Crippen molar-refractivity contribution in [1.82, 2.24) is 0 Å². The van der Waals surface area contributed by atoms with Crippen LogP contribution in [0.3, 0.4) is 0 Å². The molecule has 0 radical (unpaired) electrons. The van der Waals surface area contributed by atoms with Gasteiger partial charge in [0, 0.05) is 33.3 Å². The molecule has 6 heteroatoms. The molecular weight excluding hydrogens is 363 g/mol. The van der Waals surface area contributed by atoms with E-state index < -0.39 is 11.8 Å². The minimum Gasteiger partial charge on any atom is -0.478 e. The second-order valence-corrected chi connectivity index (χ2v) is 5.41. The molecule has 0 atom stereocenters. The third-order valence-electron chi connectivity index (χ3n) is 2.44. The molecule has 0 aliphatic rings. The number of hydrogen-bond acceptors (Lipinski definition) is 2. The van der Waals surface area contributed by atoms with E-state index in [9.17, 15) is 9.18 Å². The molecule has 2 aromatic rings. The third-order valence-corrected chi connectivity index (χ3v) is 3.14. The molecule has 0 aromatic heterocycles. The molecule has 0 heterocycles. The highest BCUT2D eigenvalue weighted by Crippen LogP contribution is 2.31. The molecule has 3 nitrogen and oxygen atoms in total. The summed E-state index contributed by atoms with van der Waals surface area (Å²) in [4.78, 5) is 10.6. The van der Waals surface area contributed by atoms with Gasteiger partial charge in [-0.2, -0.15) is 0 Å². The Bertz CT molecular complexity index is 696. The van der Waals surface area contributed by atoms with Crippen LogP contribution in [0.5, 0.6) is 11.5 Å². The molecule has 0 saturated carbocycles. The van der Waals surface area contributed by atoms with Crippen molar-refractivity contribution >= 4 is 39.6 Å². The number of halogens is 3. The zero-order valence-electron chi connectivity index (χ0n) is 10.5. The Morgan fingerprint density at radius 3 is 2.71 bits per heavy atom. The van der Waals surface area contributed by atoms with Crippen LogP contribution >= 0.6 is 27.5 Å². The van der Waals surface area contributed by atoms with Crippen LogP contribution in [-0.2, 0) is 4.79 Å². The minimum atomic E-state index is -1.08. The second-order valence-electron chi connectivity index (χ2n) is 4.06. The molecule has 0 unspecified atom stereocenters. The lowest BCUT2D eigenvalue weighted by Crippen LogP contribution is -1.90. The van der Waals surface area contributed by atoms with Gasteiger partial charge >= 0.3 is 5.97 Å². The van der Waals surface area contributed by atoms with Gasteiger partial charge in [0.05, 0.1) is 0 Å². The average Bonchev–Trinajstić information content (AvgIpc) is 2.36. The van der Waals surface area contributed by atoms with E-state index in [0.29, 0.717) is 20.8 Å². The summed E-state index contributed by atoms with van der Waals surface area (Å²) in [7, 11) is 0. The summed E-state index contributed by atoms with van der Waals surface area (Å²) in [6, 6.07) is 8.87. The minimum absolute atomic E-state index is 0.272. The molecule has 2 aromatic carbocycles. The summed E-state index contributed by atoms with van der Waals surface area (Å²) in [5.41, 5.74) is 0.516. The van der Waals surface area contributed by atoms with Crippen molar-refractivity contribution < 1.29 is 19.0 Å². The van der Waals surface area contributed by atoms with Gasteiger partial charge in [-0.1, -0.05) is 27.5 Å². The molecule has 1 N–H and O–H groups in total. The van der Waals surface area contributed by atoms with Crippen molar-refractivity contribution in [3.8, 4) is 11.5 Å². The Labute approximate surface area is 133 Å². The summed E-state index contributed by atoms with van der Waals surface area (Å²) in [5.74, 6) is -0.931. The lowest BCUT2D eigenvalue weighted by atomic mass is 10.2. The van der Waals surface area contributed by atoms with Crippen LogP contribution in [0, 0.1) is 5.82 Å². The molecule has 0 spiro atoms. The zero-order chi connectivity index (χ0) is 15.4. The van der Waals surface area contributed by atoms with Crippen LogP contribution < -0.4 is 4.74 Å². The molecule has 2 rings (SSSR count). The van der Waals surface area contributed by atoms with Gasteiger partial charge in [-0.25, -0.2) is 9.18 Å². The van der Waals surface area contributed by atoms with Gasteiger partial charge in [0.1, 0.15) is 17.3 Å². The van der Waals surface area contributed by atoms with Crippen LogP contribution in [0.25, 0.3) is 6.08 Å². The number of benzene rings is 2. The van der Waals surface area contributed by atoms with Crippen molar-refractivity contribution in [3.63, 3.8) is 0 Å². The lowest BCUT2D eigenvalue weighted by Gasteiger charge is -2.10. The van der Waals surface area contributed by atoms with Crippen LogP contribution in [0.4, 0.5) is 4.39 Å². The number of carboxylic acids is 1. The first-order valence-electron chi connectivity index (χ1n) is 5.78. The summed E-state index contributed by atoms with van der Waals surface area (Å²) in [5, 5.41) is 9.10. The van der Waals surface area contributed by atoms with Crippen molar-refractivity contribution in [2.45, 2.75) is 0 Å². The van der Waals surface area contributed by atoms with Crippen LogP contribution in [0.2, 0.25) is 5.02 Å². The molecule has 21 heavy (non-hydrogen) atoms. The van der Waals surface area contributed by atoms with E-state index in [1.165, 1.54) is 24.3 Å². The Morgan fingerprint density at radius 1 is 1.29 bits per heavy atom. The fraction of sp³-hybridized carbons (Fsp3) is 0. The van der Waals surface area contributed by atoms with Gasteiger partial charge in [-0.05, 0) is 30.3 Å². The summed E-state index contributed by atoms with van der Waals surface area (Å²) in [6.45, 7) is 0. The Balaban J connectivity index is 2.37. The smallest absolute Gasteiger partial charge is 0.328 e. The van der Waals surface area contributed by atoms with Crippen LogP contribution in [0.15, 0.2) is 46.9 Å². The number of hydrogen-bond donors (Lipinski definition) is 1. The van der Waals surface area contributed by atoms with Gasteiger partial charge < -0.3 is 9.84 Å². The van der Waals surface area contributed by atoms with Gasteiger partial charge in [-0.15, -0.1) is 0 Å². The maximum atomic E-state index is 13.3. The average molecular weight is 372 g/mol. The molecule has 108 valence electrons. The van der Waals surface area contributed by atoms with E-state index in [-0.39, 0.29) is 5.75 Å². The fourth-order valence-corrected chi connectivity index (χ4v) is 2.22. The molecule has 0 fully saturated rings. The Hall–Kier alpha value is -1.85. The molecular formula is C15H9BrClFO3. The molecule has 0 aliphatic heterocycles. The van der Waals surface area contributed by atoms with Gasteiger partial charge in [0.2, 0.25) is 0 Å². The first-order valence-corrected chi connectivity index (χ1v) is 6.95. The van der Waals surface area contributed by atoms with Crippen molar-refractivity contribution in [2.24, 2.45) is 0 Å². The quantitative estimate of drug-likeness (QED) is 0.758. The number of carbonyl (C=O) groups is 1. The number of carboxylic acid groups (broad SMARTS) is 1. The topological polar surface area (TPSA) is 46.5 Å². The second kappa shape index (κ2) is 6.74. The molecule has 0 amide bonds. The van der Waals surface area contributed by atoms with E-state index >= 15 is 0 Å². The van der Waals surface area contributed by atoms with E-state index in [1.807, 2.05) is 0 Å². The Morgan fingerprint density at radius 2 is 2.05 bits per heavy atom. The van der Waals surface area contributed by atoms with E-state index in [1.54, 1.807) is 18.2 Å². The van der Waals surface area contributed by atoms with Gasteiger partial charge in [0.25, 0.3) is 0 Å². The summed E-state index contributed by atoms with van der Waals surface area (Å²) >= 11 is 9.08. The molecule has 0 saturated heterocycles. The number of aliphatic carboxylic acids is 1. The Kier molecular flexibility index (Phi) is 4.98. The SMILES string of the molecule is O=C(O)/C=C/c1ccc(Cl)cc1Oc1cc(F)cc(Br)c1. The highest BCUT2D eigenvalue weighted by molar-refractivity contribution is 9.10. The van der Waals surface area contributed by atoms with Gasteiger partial charge in [0.15, 0.2) is 0 Å². The number of rotatable bonds is 4. The third kappa shape index (κ3) is 4.58. The summed E-state index contributed by atoms with van der Waals surface area (Å²) in [6.07, 6.45) is 2.36. The molecule has 0 bridgehead atoms. The van der Waals surface area contributed by atoms with Crippen LogP contribution in [-0.4, -0.2) is 11.1 Å². The van der Waals surface area contributed by atoms with Crippen LogP contribution in [0.1, 0.15) is 5.56 Å². The normalized spacial score (nSPS) is 10.8. The predicted molar refractivity (Wildman–Crippen MR) is 82.3 cm³/mol. The first kappa shape index (κ1) is 15.5. The largest absolute Gasteiger partial charge is 0.478 e. The molecule has 0 aliphatic carbocycles. The monoisotopic (exact) mass is 370 g/mol. The lowest BCUT2D eigenvalue weighted by molar-refractivity contribution is -0.131. The summed E-state index contributed by atoms with van der Waals surface area (Å²) < 4.78 is 19.5. The van der Waals surface area contributed by atoms with Crippen molar-refractivity contribution in [1.29, 1.82) is 0 Å². The predicted octanol–water partition coefficient (Wildman–Crippen LogP) is 5.13. The van der Waals surface area contributed by atoms with Gasteiger partial charge in [-0.3, -0.25) is 0 Å². The number of ether oxygens (including phenoxy) is 1.